The fourth-order valence-corrected chi connectivity index (χ4v) is 7.91. The fraction of sp³-hybridized carbons (Fsp3) is 1.00. The number of hydrogen-bond acceptors (Lipinski definition) is 11. The van der Waals surface area contributed by atoms with E-state index < -0.39 is 69.4 Å². The quantitative estimate of drug-likeness (QED) is 0.134. The average molecular weight is 625 g/mol. The van der Waals surface area contributed by atoms with Crippen molar-refractivity contribution in [1.82, 2.24) is 0 Å². The van der Waals surface area contributed by atoms with Gasteiger partial charge in [-0.1, -0.05) is 52.4 Å². The minimum Gasteiger partial charge on any atom is -0.394 e. The standard InChI is InChI=1S/C31H60O10S/c1-10-11-12-13-14-15-16-17-42-31(9)30(8,38)27(5,35)24(2,22(18-32)41-31)20-39-21-25(3)28(6,36)29(7,37)26(4,34)23(19-33)40-25/h22-23,32-38H,10-21H2,1-9H3. The van der Waals surface area contributed by atoms with E-state index in [1.807, 2.05) is 0 Å². The molecule has 10 nitrogen and oxygen atoms in total. The Kier molecular flexibility index (Phi) is 12.1. The van der Waals surface area contributed by atoms with E-state index >= 15 is 0 Å². The molecular weight excluding hydrogens is 564 g/mol. The van der Waals surface area contributed by atoms with Gasteiger partial charge in [-0.25, -0.2) is 0 Å². The molecule has 2 rings (SSSR count). The molecule has 0 bridgehead atoms. The SMILES string of the molecule is CCCCCCCCCSC1(C)OC(CO)C(C)(COCC2(C)OC(CO)C(C)(O)C(C)(O)C2(C)O)C(C)(O)C1(C)O. The third-order valence-corrected chi connectivity index (χ3v) is 12.8. The fourth-order valence-electron chi connectivity index (χ4n) is 6.51. The van der Waals surface area contributed by atoms with Gasteiger partial charge in [0.1, 0.15) is 44.6 Å². The minimum atomic E-state index is -2.10. The van der Waals surface area contributed by atoms with E-state index in [0.29, 0.717) is 0 Å². The van der Waals surface area contributed by atoms with Crippen LogP contribution in [0.1, 0.15) is 107 Å². The van der Waals surface area contributed by atoms with E-state index in [2.05, 4.69) is 6.92 Å². The zero-order valence-electron chi connectivity index (χ0n) is 27.4. The van der Waals surface area contributed by atoms with E-state index in [1.165, 1.54) is 79.0 Å². The van der Waals surface area contributed by atoms with E-state index in [1.54, 1.807) is 13.8 Å². The molecule has 250 valence electrons. The molecule has 42 heavy (non-hydrogen) atoms. The van der Waals surface area contributed by atoms with Crippen LogP contribution in [0.15, 0.2) is 0 Å². The van der Waals surface area contributed by atoms with Gasteiger partial charge in [0.25, 0.3) is 0 Å². The first kappa shape index (κ1) is 38.1. The Bertz CT molecular complexity index is 878. The van der Waals surface area contributed by atoms with Crippen molar-refractivity contribution in [1.29, 1.82) is 0 Å². The lowest BCUT2D eigenvalue weighted by Gasteiger charge is -2.64. The van der Waals surface area contributed by atoms with Gasteiger partial charge in [-0.3, -0.25) is 0 Å². The molecule has 0 spiro atoms. The van der Waals surface area contributed by atoms with Gasteiger partial charge >= 0.3 is 0 Å². The highest BCUT2D eigenvalue weighted by Gasteiger charge is 2.72. The highest BCUT2D eigenvalue weighted by molar-refractivity contribution is 8.00. The second-order valence-corrected chi connectivity index (χ2v) is 15.5. The molecule has 0 amide bonds. The van der Waals surface area contributed by atoms with Crippen molar-refractivity contribution < 1.29 is 50.0 Å². The predicted molar refractivity (Wildman–Crippen MR) is 163 cm³/mol. The molecule has 0 saturated carbocycles. The number of ether oxygens (including phenoxy) is 3. The van der Waals surface area contributed by atoms with Gasteiger partial charge in [-0.15, -0.1) is 11.8 Å². The molecule has 0 radical (unpaired) electrons. The van der Waals surface area contributed by atoms with Gasteiger partial charge in [0.15, 0.2) is 0 Å². The van der Waals surface area contributed by atoms with Gasteiger partial charge < -0.3 is 50.0 Å². The van der Waals surface area contributed by atoms with Crippen LogP contribution in [0.5, 0.6) is 0 Å². The van der Waals surface area contributed by atoms with E-state index in [9.17, 15) is 35.7 Å². The van der Waals surface area contributed by atoms with Crippen molar-refractivity contribution >= 4 is 11.8 Å². The summed E-state index contributed by atoms with van der Waals surface area (Å²) in [6, 6.07) is 0. The summed E-state index contributed by atoms with van der Waals surface area (Å²) in [5, 5.41) is 77.8. The predicted octanol–water partition coefficient (Wildman–Crippen LogP) is 2.51. The third-order valence-electron chi connectivity index (χ3n) is 11.3. The van der Waals surface area contributed by atoms with Crippen LogP contribution in [0.4, 0.5) is 0 Å². The number of aliphatic hydroxyl groups excluding tert-OH is 2. The molecule has 0 aromatic carbocycles. The first-order valence-corrected chi connectivity index (χ1v) is 16.5. The Morgan fingerprint density at radius 2 is 1.14 bits per heavy atom. The van der Waals surface area contributed by atoms with Crippen molar-refractivity contribution in [2.24, 2.45) is 5.41 Å². The number of unbranched alkanes of at least 4 members (excludes halogenated alkanes) is 6. The van der Waals surface area contributed by atoms with Crippen LogP contribution in [0.3, 0.4) is 0 Å². The Morgan fingerprint density at radius 3 is 1.67 bits per heavy atom. The summed E-state index contributed by atoms with van der Waals surface area (Å²) in [6.45, 7) is 12.5. The van der Waals surface area contributed by atoms with Gasteiger partial charge in [0.05, 0.1) is 37.9 Å². The first-order valence-electron chi connectivity index (χ1n) is 15.5. The summed E-state index contributed by atoms with van der Waals surface area (Å²) in [7, 11) is 0. The second kappa shape index (κ2) is 13.4. The number of aliphatic hydroxyl groups is 7. The summed E-state index contributed by atoms with van der Waals surface area (Å²) < 4.78 is 18.4. The minimum absolute atomic E-state index is 0.211. The van der Waals surface area contributed by atoms with Crippen LogP contribution in [-0.4, -0.2) is 119 Å². The van der Waals surface area contributed by atoms with Crippen LogP contribution in [0.25, 0.3) is 0 Å². The lowest BCUT2D eigenvalue weighted by Crippen LogP contribution is -2.82. The largest absolute Gasteiger partial charge is 0.394 e. The molecule has 2 aliphatic heterocycles. The Balaban J connectivity index is 2.19. The molecule has 2 heterocycles. The van der Waals surface area contributed by atoms with Crippen LogP contribution >= 0.6 is 11.8 Å². The third kappa shape index (κ3) is 6.19. The summed E-state index contributed by atoms with van der Waals surface area (Å²) in [5.41, 5.74) is -12.6. The molecule has 10 atom stereocenters. The maximum atomic E-state index is 12.0. The maximum absolute atomic E-state index is 12.0. The average Bonchev–Trinajstić information content (AvgIpc) is 2.89. The lowest BCUT2D eigenvalue weighted by atomic mass is 9.59. The Hall–Kier alpha value is -0.0500. The van der Waals surface area contributed by atoms with Crippen LogP contribution < -0.4 is 0 Å². The summed E-state index contributed by atoms with van der Waals surface area (Å²) in [4.78, 5) is -1.22. The van der Waals surface area contributed by atoms with Gasteiger partial charge in [0.2, 0.25) is 0 Å². The number of hydrogen-bond donors (Lipinski definition) is 7. The molecule has 0 aromatic rings. The Labute approximate surface area is 257 Å². The van der Waals surface area contributed by atoms with Gasteiger partial charge in [0, 0.05) is 0 Å². The molecule has 11 heteroatoms. The van der Waals surface area contributed by atoms with Crippen LogP contribution in [0.2, 0.25) is 0 Å². The molecule has 7 N–H and O–H groups in total. The highest BCUT2D eigenvalue weighted by atomic mass is 32.2. The Morgan fingerprint density at radius 1 is 0.619 bits per heavy atom. The van der Waals surface area contributed by atoms with E-state index in [4.69, 9.17) is 14.2 Å². The zero-order chi connectivity index (χ0) is 32.5. The molecule has 0 aliphatic carbocycles. The van der Waals surface area contributed by atoms with Crippen LogP contribution in [0, 0.1) is 5.41 Å². The molecule has 2 saturated heterocycles. The first-order chi connectivity index (χ1) is 19.1. The smallest absolute Gasteiger partial charge is 0.142 e. The van der Waals surface area contributed by atoms with Crippen molar-refractivity contribution in [3.63, 3.8) is 0 Å². The summed E-state index contributed by atoms with van der Waals surface area (Å²) >= 11 is 1.43. The molecular formula is C31H60O10S. The van der Waals surface area contributed by atoms with Crippen molar-refractivity contribution in [3.05, 3.63) is 0 Å². The molecule has 2 fully saturated rings. The van der Waals surface area contributed by atoms with Gasteiger partial charge in [-0.05, 0) is 60.6 Å². The topological polar surface area (TPSA) is 169 Å². The van der Waals surface area contributed by atoms with Crippen molar-refractivity contribution in [2.45, 2.75) is 158 Å². The van der Waals surface area contributed by atoms with Gasteiger partial charge in [-0.2, -0.15) is 0 Å². The number of rotatable bonds is 15. The van der Waals surface area contributed by atoms with Crippen LogP contribution in [-0.2, 0) is 14.2 Å². The molecule has 2 aliphatic rings. The monoisotopic (exact) mass is 624 g/mol. The maximum Gasteiger partial charge on any atom is 0.142 e. The second-order valence-electron chi connectivity index (χ2n) is 14.1. The number of thioether (sulfide) groups is 1. The normalized spacial score (nSPS) is 48.0. The van der Waals surface area contributed by atoms with Crippen molar-refractivity contribution in [2.75, 3.05) is 32.2 Å². The summed E-state index contributed by atoms with van der Waals surface area (Å²) in [5.74, 6) is 0.725. The highest BCUT2D eigenvalue weighted by Crippen LogP contribution is 2.57. The van der Waals surface area contributed by atoms with E-state index in [0.717, 1.165) is 25.0 Å². The lowest BCUT2D eigenvalue weighted by molar-refractivity contribution is -0.382. The molecule has 10 unspecified atom stereocenters. The van der Waals surface area contributed by atoms with Crippen molar-refractivity contribution in [3.8, 4) is 0 Å². The molecule has 0 aromatic heterocycles. The van der Waals surface area contributed by atoms with E-state index in [-0.39, 0.29) is 13.2 Å². The zero-order valence-corrected chi connectivity index (χ0v) is 28.2. The summed E-state index contributed by atoms with van der Waals surface area (Å²) in [6.07, 6.45) is 5.95.